The molecule has 172 valence electrons. The Labute approximate surface area is 196 Å². The zero-order valence-electron chi connectivity index (χ0n) is 19.6. The van der Waals surface area contributed by atoms with Crippen molar-refractivity contribution in [1.29, 1.82) is 0 Å². The van der Waals surface area contributed by atoms with Gasteiger partial charge in [0.15, 0.2) is 0 Å². The molecular formula is C25H34ClN5O. The number of imidazole rings is 1. The molecular weight excluding hydrogens is 422 g/mol. The Morgan fingerprint density at radius 3 is 2.66 bits per heavy atom. The van der Waals surface area contributed by atoms with Gasteiger partial charge in [0.2, 0.25) is 0 Å². The summed E-state index contributed by atoms with van der Waals surface area (Å²) in [6.45, 7) is 9.30. The molecule has 0 spiro atoms. The standard InChI is InChI=1S/C25H34ClN5O/c1-18-14-20(26)16-23-24(18)28-25(27-23)22-7-6-21(15-19(22)17-29(2)3)32-13-5-8-31-11-9-30(4)10-12-31/h6-7,14-16H,5,8-13,17H2,1-4H3,(H,27,28). The van der Waals surface area contributed by atoms with Gasteiger partial charge in [0.05, 0.1) is 17.6 Å². The van der Waals surface area contributed by atoms with Crippen LogP contribution in [0.2, 0.25) is 5.02 Å². The molecule has 1 aliphatic rings. The Balaban J connectivity index is 1.46. The number of H-pyrrole nitrogens is 1. The first kappa shape index (κ1) is 23.1. The number of nitrogens with one attached hydrogen (secondary N) is 1. The molecule has 7 heteroatoms. The van der Waals surface area contributed by atoms with Crippen LogP contribution in [0.5, 0.6) is 5.75 Å². The summed E-state index contributed by atoms with van der Waals surface area (Å²) < 4.78 is 6.12. The van der Waals surface area contributed by atoms with Crippen LogP contribution in [0.1, 0.15) is 17.5 Å². The highest BCUT2D eigenvalue weighted by Crippen LogP contribution is 2.30. The van der Waals surface area contributed by atoms with Crippen molar-refractivity contribution in [2.75, 3.05) is 60.5 Å². The van der Waals surface area contributed by atoms with Crippen LogP contribution >= 0.6 is 11.6 Å². The normalized spacial score (nSPS) is 15.7. The fraction of sp³-hybridized carbons (Fsp3) is 0.480. The van der Waals surface area contributed by atoms with E-state index in [1.165, 1.54) is 5.56 Å². The van der Waals surface area contributed by atoms with E-state index in [0.717, 1.165) is 91.1 Å². The van der Waals surface area contributed by atoms with Crippen LogP contribution in [0.4, 0.5) is 0 Å². The van der Waals surface area contributed by atoms with Crippen molar-refractivity contribution < 1.29 is 4.74 Å². The summed E-state index contributed by atoms with van der Waals surface area (Å²) in [5.41, 5.74) is 5.28. The molecule has 0 unspecified atom stereocenters. The largest absolute Gasteiger partial charge is 0.494 e. The number of hydrogen-bond acceptors (Lipinski definition) is 5. The van der Waals surface area contributed by atoms with Gasteiger partial charge < -0.3 is 24.4 Å². The average molecular weight is 456 g/mol. The van der Waals surface area contributed by atoms with Crippen LogP contribution in [0.3, 0.4) is 0 Å². The van der Waals surface area contributed by atoms with E-state index < -0.39 is 0 Å². The monoisotopic (exact) mass is 455 g/mol. The summed E-state index contributed by atoms with van der Waals surface area (Å²) in [4.78, 5) is 15.4. The summed E-state index contributed by atoms with van der Waals surface area (Å²) in [6, 6.07) is 10.2. The first-order valence-electron chi connectivity index (χ1n) is 11.4. The predicted octanol–water partition coefficient (Wildman–Crippen LogP) is 4.27. The Hall–Kier alpha value is -2.12. The second-order valence-electron chi connectivity index (χ2n) is 9.11. The molecule has 0 radical (unpaired) electrons. The van der Waals surface area contributed by atoms with Crippen LogP contribution in [0, 0.1) is 6.92 Å². The number of aromatic amines is 1. The number of hydrogen-bond donors (Lipinski definition) is 1. The molecule has 1 fully saturated rings. The van der Waals surface area contributed by atoms with Crippen molar-refractivity contribution in [2.45, 2.75) is 19.9 Å². The molecule has 6 nitrogen and oxygen atoms in total. The van der Waals surface area contributed by atoms with Gasteiger partial charge >= 0.3 is 0 Å². The highest BCUT2D eigenvalue weighted by atomic mass is 35.5. The number of nitrogens with zero attached hydrogens (tertiary/aromatic N) is 4. The van der Waals surface area contributed by atoms with Gasteiger partial charge in [-0.2, -0.15) is 0 Å². The lowest BCUT2D eigenvalue weighted by Crippen LogP contribution is -2.44. The molecule has 3 aromatic rings. The lowest BCUT2D eigenvalue weighted by atomic mass is 10.1. The zero-order valence-corrected chi connectivity index (χ0v) is 20.4. The molecule has 1 aliphatic heterocycles. The van der Waals surface area contributed by atoms with Crippen LogP contribution in [0.25, 0.3) is 22.4 Å². The number of benzene rings is 2. The fourth-order valence-electron chi connectivity index (χ4n) is 4.29. The van der Waals surface area contributed by atoms with E-state index in [0.29, 0.717) is 0 Å². The van der Waals surface area contributed by atoms with Gasteiger partial charge in [0.1, 0.15) is 11.6 Å². The van der Waals surface area contributed by atoms with Crippen LogP contribution in [0.15, 0.2) is 30.3 Å². The lowest BCUT2D eigenvalue weighted by Gasteiger charge is -2.32. The van der Waals surface area contributed by atoms with Gasteiger partial charge in [0.25, 0.3) is 0 Å². The summed E-state index contributed by atoms with van der Waals surface area (Å²) in [7, 11) is 6.35. The van der Waals surface area contributed by atoms with Crippen LogP contribution in [-0.4, -0.2) is 85.1 Å². The number of likely N-dealkylation sites (N-methyl/N-ethyl adjacent to an activating group) is 1. The van der Waals surface area contributed by atoms with E-state index in [4.69, 9.17) is 21.3 Å². The minimum atomic E-state index is 0.721. The van der Waals surface area contributed by atoms with Crippen molar-refractivity contribution in [3.8, 4) is 17.1 Å². The topological polar surface area (TPSA) is 47.6 Å². The highest BCUT2D eigenvalue weighted by Gasteiger charge is 2.15. The summed E-state index contributed by atoms with van der Waals surface area (Å²) >= 11 is 6.24. The van der Waals surface area contributed by atoms with E-state index >= 15 is 0 Å². The first-order valence-corrected chi connectivity index (χ1v) is 11.7. The molecule has 1 saturated heterocycles. The minimum Gasteiger partial charge on any atom is -0.494 e. The third kappa shape index (κ3) is 5.62. The molecule has 32 heavy (non-hydrogen) atoms. The van der Waals surface area contributed by atoms with Gasteiger partial charge in [-0.25, -0.2) is 4.98 Å². The number of rotatable bonds is 8. The van der Waals surface area contributed by atoms with Crippen LogP contribution < -0.4 is 4.74 Å². The van der Waals surface area contributed by atoms with E-state index in [-0.39, 0.29) is 0 Å². The smallest absolute Gasteiger partial charge is 0.138 e. The maximum absolute atomic E-state index is 6.24. The SMILES string of the molecule is Cc1cc(Cl)cc2[nH]c(-c3ccc(OCCCN4CCN(C)CC4)cc3CN(C)C)nc12. The highest BCUT2D eigenvalue weighted by molar-refractivity contribution is 6.31. The van der Waals surface area contributed by atoms with E-state index in [1.807, 2.05) is 19.1 Å². The van der Waals surface area contributed by atoms with Crippen molar-refractivity contribution in [3.05, 3.63) is 46.5 Å². The second-order valence-corrected chi connectivity index (χ2v) is 9.54. The van der Waals surface area contributed by atoms with E-state index in [9.17, 15) is 0 Å². The molecule has 0 atom stereocenters. The predicted molar refractivity (Wildman–Crippen MR) is 133 cm³/mol. The quantitative estimate of drug-likeness (QED) is 0.514. The van der Waals surface area contributed by atoms with Gasteiger partial charge in [-0.15, -0.1) is 0 Å². The van der Waals surface area contributed by atoms with Crippen LogP contribution in [-0.2, 0) is 6.54 Å². The number of piperazine rings is 1. The Morgan fingerprint density at radius 2 is 1.91 bits per heavy atom. The van der Waals surface area contributed by atoms with Gasteiger partial charge in [-0.05, 0) is 75.9 Å². The maximum atomic E-state index is 6.24. The number of aromatic nitrogens is 2. The number of aryl methyl sites for hydroxylation is 1. The Bertz CT molecular complexity index is 1060. The Morgan fingerprint density at radius 1 is 1.12 bits per heavy atom. The van der Waals surface area contributed by atoms with E-state index in [1.54, 1.807) is 0 Å². The van der Waals surface area contributed by atoms with Gasteiger partial charge in [0, 0.05) is 49.9 Å². The number of fused-ring (bicyclic) bond motifs is 1. The first-order chi connectivity index (χ1) is 15.4. The third-order valence-corrected chi connectivity index (χ3v) is 6.26. The van der Waals surface area contributed by atoms with Gasteiger partial charge in [-0.3, -0.25) is 0 Å². The van der Waals surface area contributed by atoms with Crippen molar-refractivity contribution >= 4 is 22.6 Å². The molecule has 0 amide bonds. The van der Waals surface area contributed by atoms with Crippen molar-refractivity contribution in [3.63, 3.8) is 0 Å². The molecule has 2 aromatic carbocycles. The van der Waals surface area contributed by atoms with Crippen molar-refractivity contribution in [2.24, 2.45) is 0 Å². The van der Waals surface area contributed by atoms with Gasteiger partial charge in [-0.1, -0.05) is 11.6 Å². The fourth-order valence-corrected chi connectivity index (χ4v) is 4.56. The summed E-state index contributed by atoms with van der Waals surface area (Å²) in [5, 5.41) is 0.721. The molecule has 4 rings (SSSR count). The average Bonchev–Trinajstić information content (AvgIpc) is 3.16. The second kappa shape index (κ2) is 10.2. The molecule has 1 N–H and O–H groups in total. The molecule has 0 bridgehead atoms. The Kier molecular flexibility index (Phi) is 7.36. The minimum absolute atomic E-state index is 0.721. The summed E-state index contributed by atoms with van der Waals surface area (Å²) in [5.74, 6) is 1.78. The van der Waals surface area contributed by atoms with Crippen molar-refractivity contribution in [1.82, 2.24) is 24.7 Å². The zero-order chi connectivity index (χ0) is 22.7. The lowest BCUT2D eigenvalue weighted by molar-refractivity contribution is 0.145. The third-order valence-electron chi connectivity index (χ3n) is 6.04. The maximum Gasteiger partial charge on any atom is 0.138 e. The number of halogens is 1. The molecule has 0 aliphatic carbocycles. The molecule has 2 heterocycles. The molecule has 0 saturated carbocycles. The number of ether oxygens (including phenoxy) is 1. The summed E-state index contributed by atoms with van der Waals surface area (Å²) in [6.07, 6.45) is 1.04. The molecule has 1 aromatic heterocycles. The van der Waals surface area contributed by atoms with E-state index in [2.05, 4.69) is 59.0 Å².